The molecule has 0 spiro atoms. The molecule has 0 aromatic carbocycles. The monoisotopic (exact) mass is 338 g/mol. The number of fused-ring (bicyclic) bond motifs is 1. The lowest BCUT2D eigenvalue weighted by Crippen LogP contribution is -1.97. The van der Waals surface area contributed by atoms with Crippen molar-refractivity contribution in [3.05, 3.63) is 20.6 Å². The van der Waals surface area contributed by atoms with Crippen LogP contribution in [0.5, 0.6) is 0 Å². The summed E-state index contributed by atoms with van der Waals surface area (Å²) in [5.41, 5.74) is 6.49. The van der Waals surface area contributed by atoms with Gasteiger partial charge in [-0.15, -0.1) is 0 Å². The number of rotatable bonds is 0. The van der Waals surface area contributed by atoms with Gasteiger partial charge in [-0.2, -0.15) is 5.10 Å². The van der Waals surface area contributed by atoms with Crippen LogP contribution >= 0.6 is 38.5 Å². The van der Waals surface area contributed by atoms with Crippen LogP contribution in [0, 0.1) is 3.57 Å². The summed E-state index contributed by atoms with van der Waals surface area (Å²) in [6, 6.07) is 0. The molecule has 2 heterocycles. The highest BCUT2D eigenvalue weighted by Gasteiger charge is 2.09. The quantitative estimate of drug-likeness (QED) is 0.743. The molecular formula is C6H4BrIN4. The molecule has 0 radical (unpaired) electrons. The fraction of sp³-hybridized carbons (Fsp3) is 0. The second kappa shape index (κ2) is 2.84. The van der Waals surface area contributed by atoms with E-state index in [1.165, 1.54) is 6.33 Å². The van der Waals surface area contributed by atoms with Crippen LogP contribution in [0.3, 0.4) is 0 Å². The number of anilines is 1. The van der Waals surface area contributed by atoms with E-state index in [1.54, 1.807) is 4.52 Å². The first-order valence-corrected chi connectivity index (χ1v) is 5.00. The summed E-state index contributed by atoms with van der Waals surface area (Å²) in [6.07, 6.45) is 3.32. The summed E-state index contributed by atoms with van der Waals surface area (Å²) in [5, 5.41) is 4.01. The normalized spacial score (nSPS) is 10.8. The van der Waals surface area contributed by atoms with Gasteiger partial charge in [0.25, 0.3) is 0 Å². The van der Waals surface area contributed by atoms with Gasteiger partial charge in [0.1, 0.15) is 11.8 Å². The molecule has 0 fully saturated rings. The van der Waals surface area contributed by atoms with E-state index in [2.05, 4.69) is 48.6 Å². The van der Waals surface area contributed by atoms with Crippen LogP contribution < -0.4 is 5.73 Å². The van der Waals surface area contributed by atoms with E-state index in [-0.39, 0.29) is 0 Å². The van der Waals surface area contributed by atoms with Crippen molar-refractivity contribution in [2.45, 2.75) is 0 Å². The fourth-order valence-electron chi connectivity index (χ4n) is 0.968. The molecule has 0 aliphatic rings. The summed E-state index contributed by atoms with van der Waals surface area (Å²) >= 11 is 5.62. The van der Waals surface area contributed by atoms with Gasteiger partial charge in [-0.3, -0.25) is 0 Å². The van der Waals surface area contributed by atoms with E-state index in [1.807, 2.05) is 6.20 Å². The number of hydrogen-bond donors (Lipinski definition) is 1. The molecule has 0 saturated heterocycles. The maximum Gasteiger partial charge on any atom is 0.152 e. The Morgan fingerprint density at radius 1 is 1.58 bits per heavy atom. The minimum absolute atomic E-state index is 0.486. The Balaban J connectivity index is 2.97. The first kappa shape index (κ1) is 8.24. The summed E-state index contributed by atoms with van der Waals surface area (Å²) in [5.74, 6) is 0.486. The molecule has 0 bridgehead atoms. The van der Waals surface area contributed by atoms with Crippen LogP contribution in [0.4, 0.5) is 5.82 Å². The topological polar surface area (TPSA) is 56.2 Å². The van der Waals surface area contributed by atoms with E-state index in [4.69, 9.17) is 5.73 Å². The highest BCUT2D eigenvalue weighted by Crippen LogP contribution is 2.27. The van der Waals surface area contributed by atoms with E-state index in [0.717, 1.165) is 13.6 Å². The number of nitrogen functional groups attached to an aromatic ring is 1. The molecule has 0 aliphatic carbocycles. The molecule has 12 heavy (non-hydrogen) atoms. The average Bonchev–Trinajstić information content (AvgIpc) is 2.29. The van der Waals surface area contributed by atoms with Gasteiger partial charge in [0.15, 0.2) is 5.82 Å². The molecule has 4 nitrogen and oxygen atoms in total. The molecule has 0 amide bonds. The van der Waals surface area contributed by atoms with Gasteiger partial charge in [-0.1, -0.05) is 0 Å². The number of halogens is 2. The molecule has 2 N–H and O–H groups in total. The van der Waals surface area contributed by atoms with Crippen LogP contribution in [0.25, 0.3) is 5.52 Å². The molecular weight excluding hydrogens is 335 g/mol. The molecule has 0 aliphatic heterocycles. The Hall–Kier alpha value is -0.370. The molecule has 0 unspecified atom stereocenters. The van der Waals surface area contributed by atoms with E-state index >= 15 is 0 Å². The summed E-state index contributed by atoms with van der Waals surface area (Å²) < 4.78 is 3.72. The van der Waals surface area contributed by atoms with Gasteiger partial charge in [0, 0.05) is 9.77 Å². The maximum atomic E-state index is 5.67. The van der Waals surface area contributed by atoms with Crippen molar-refractivity contribution in [1.29, 1.82) is 0 Å². The van der Waals surface area contributed by atoms with Gasteiger partial charge in [0.05, 0.1) is 4.47 Å². The molecule has 2 aromatic heterocycles. The zero-order chi connectivity index (χ0) is 8.72. The standard InChI is InChI=1S/C6H4BrIN4/c7-4-3(8)1-12-5(4)6(9)10-2-11-12/h1-2H,(H2,9,10,11). The second-order valence-electron chi connectivity index (χ2n) is 2.23. The van der Waals surface area contributed by atoms with Gasteiger partial charge in [0.2, 0.25) is 0 Å². The van der Waals surface area contributed by atoms with Crippen molar-refractivity contribution in [3.63, 3.8) is 0 Å². The largest absolute Gasteiger partial charge is 0.382 e. The second-order valence-corrected chi connectivity index (χ2v) is 4.18. The van der Waals surface area contributed by atoms with Crippen molar-refractivity contribution in [3.8, 4) is 0 Å². The number of nitrogens with two attached hydrogens (primary N) is 1. The predicted octanol–water partition coefficient (Wildman–Crippen LogP) is 1.68. The van der Waals surface area contributed by atoms with Crippen LogP contribution in [0.2, 0.25) is 0 Å². The summed E-state index contributed by atoms with van der Waals surface area (Å²) in [6.45, 7) is 0. The third kappa shape index (κ3) is 1.09. The van der Waals surface area contributed by atoms with Gasteiger partial charge in [-0.25, -0.2) is 9.50 Å². The first-order chi connectivity index (χ1) is 5.70. The van der Waals surface area contributed by atoms with Gasteiger partial charge in [-0.05, 0) is 38.5 Å². The molecule has 62 valence electrons. The predicted molar refractivity (Wildman–Crippen MR) is 57.8 cm³/mol. The van der Waals surface area contributed by atoms with Crippen LogP contribution in [-0.4, -0.2) is 14.6 Å². The Morgan fingerprint density at radius 3 is 3.00 bits per heavy atom. The van der Waals surface area contributed by atoms with Crippen LogP contribution in [0.1, 0.15) is 0 Å². The van der Waals surface area contributed by atoms with Crippen molar-refractivity contribution in [1.82, 2.24) is 14.6 Å². The SMILES string of the molecule is Nc1ncnn2cc(I)c(Br)c12. The highest BCUT2D eigenvalue weighted by atomic mass is 127. The highest BCUT2D eigenvalue weighted by molar-refractivity contribution is 14.1. The zero-order valence-corrected chi connectivity index (χ0v) is 9.57. The minimum atomic E-state index is 0.486. The van der Waals surface area contributed by atoms with E-state index in [9.17, 15) is 0 Å². The fourth-order valence-corrected chi connectivity index (χ4v) is 1.97. The van der Waals surface area contributed by atoms with Crippen molar-refractivity contribution < 1.29 is 0 Å². The van der Waals surface area contributed by atoms with Crippen molar-refractivity contribution in [2.24, 2.45) is 0 Å². The molecule has 6 heteroatoms. The van der Waals surface area contributed by atoms with E-state index < -0.39 is 0 Å². The number of nitrogens with zero attached hydrogens (tertiary/aromatic N) is 3. The van der Waals surface area contributed by atoms with Gasteiger partial charge >= 0.3 is 0 Å². The lowest BCUT2D eigenvalue weighted by Gasteiger charge is -1.95. The molecule has 0 saturated carbocycles. The number of aromatic nitrogens is 3. The van der Waals surface area contributed by atoms with Gasteiger partial charge < -0.3 is 5.73 Å². The minimum Gasteiger partial charge on any atom is -0.382 e. The van der Waals surface area contributed by atoms with Crippen LogP contribution in [-0.2, 0) is 0 Å². The number of hydrogen-bond acceptors (Lipinski definition) is 3. The third-order valence-electron chi connectivity index (χ3n) is 1.50. The molecule has 0 atom stereocenters. The first-order valence-electron chi connectivity index (χ1n) is 3.13. The lowest BCUT2D eigenvalue weighted by molar-refractivity contribution is 0.905. The Morgan fingerprint density at radius 2 is 2.33 bits per heavy atom. The zero-order valence-electron chi connectivity index (χ0n) is 5.83. The molecule has 2 aromatic rings. The smallest absolute Gasteiger partial charge is 0.152 e. The van der Waals surface area contributed by atoms with Crippen LogP contribution in [0.15, 0.2) is 17.0 Å². The maximum absolute atomic E-state index is 5.67. The van der Waals surface area contributed by atoms with Crippen molar-refractivity contribution in [2.75, 3.05) is 5.73 Å². The summed E-state index contributed by atoms with van der Waals surface area (Å²) in [7, 11) is 0. The average molecular weight is 339 g/mol. The van der Waals surface area contributed by atoms with Crippen molar-refractivity contribution >= 4 is 49.9 Å². The third-order valence-corrected chi connectivity index (χ3v) is 3.86. The molecule has 2 rings (SSSR count). The lowest BCUT2D eigenvalue weighted by atomic mass is 10.5. The Bertz CT molecular complexity index is 438. The van der Waals surface area contributed by atoms with E-state index in [0.29, 0.717) is 5.82 Å². The Labute approximate surface area is 90.4 Å². The Kier molecular flexibility index (Phi) is 1.95. The summed E-state index contributed by atoms with van der Waals surface area (Å²) in [4.78, 5) is 3.89.